The third-order valence-electron chi connectivity index (χ3n) is 18.2. The van der Waals surface area contributed by atoms with Gasteiger partial charge in [-0.3, -0.25) is 9.59 Å². The molecule has 2 atom stereocenters. The molecule has 0 aliphatic heterocycles. The van der Waals surface area contributed by atoms with Crippen LogP contribution in [-0.2, 0) is 14.3 Å². The van der Waals surface area contributed by atoms with Crippen LogP contribution in [0, 0.1) is 0 Å². The van der Waals surface area contributed by atoms with Gasteiger partial charge in [0.25, 0.3) is 0 Å². The van der Waals surface area contributed by atoms with E-state index >= 15 is 0 Å². The topological polar surface area (TPSA) is 95.9 Å². The number of aliphatic hydroxyl groups is 2. The molecule has 2 unspecified atom stereocenters. The van der Waals surface area contributed by atoms with E-state index < -0.39 is 12.1 Å². The molecule has 0 saturated heterocycles. The van der Waals surface area contributed by atoms with Gasteiger partial charge in [-0.05, 0) is 57.8 Å². The molecule has 0 saturated carbocycles. The van der Waals surface area contributed by atoms with Gasteiger partial charge in [-0.15, -0.1) is 0 Å². The number of ether oxygens (including phenoxy) is 1. The van der Waals surface area contributed by atoms with Gasteiger partial charge in [0.15, 0.2) is 0 Å². The molecule has 0 spiro atoms. The number of esters is 1. The van der Waals surface area contributed by atoms with E-state index in [4.69, 9.17) is 4.74 Å². The van der Waals surface area contributed by atoms with Crippen LogP contribution >= 0.6 is 0 Å². The van der Waals surface area contributed by atoms with Crippen LogP contribution in [0.3, 0.4) is 0 Å². The molecule has 0 fully saturated rings. The van der Waals surface area contributed by atoms with Gasteiger partial charge >= 0.3 is 5.97 Å². The van der Waals surface area contributed by atoms with E-state index in [1.54, 1.807) is 6.08 Å². The summed E-state index contributed by atoms with van der Waals surface area (Å²) in [6.07, 6.45) is 94.3. The molecular formula is C78H151NO5. The first-order chi connectivity index (χ1) is 41.5. The lowest BCUT2D eigenvalue weighted by Crippen LogP contribution is -2.45. The van der Waals surface area contributed by atoms with E-state index in [1.807, 2.05) is 6.08 Å². The number of rotatable bonds is 73. The summed E-state index contributed by atoms with van der Waals surface area (Å²) in [5.41, 5.74) is 0. The number of hydrogen-bond donors (Lipinski definition) is 3. The van der Waals surface area contributed by atoms with Crippen LogP contribution in [0.5, 0.6) is 0 Å². The minimum absolute atomic E-state index is 0.0127. The number of carbonyl (C=O) groups is 2. The lowest BCUT2D eigenvalue weighted by molar-refractivity contribution is -0.143. The first-order valence-electron chi connectivity index (χ1n) is 38.6. The highest BCUT2D eigenvalue weighted by molar-refractivity contribution is 5.76. The van der Waals surface area contributed by atoms with Gasteiger partial charge in [-0.1, -0.05) is 391 Å². The maximum absolute atomic E-state index is 12.5. The van der Waals surface area contributed by atoms with E-state index in [1.165, 1.54) is 366 Å². The van der Waals surface area contributed by atoms with Gasteiger partial charge in [0, 0.05) is 12.8 Å². The Hall–Kier alpha value is -1.66. The molecule has 0 bridgehead atoms. The van der Waals surface area contributed by atoms with Gasteiger partial charge in [-0.2, -0.15) is 0 Å². The molecule has 84 heavy (non-hydrogen) atoms. The van der Waals surface area contributed by atoms with Crippen molar-refractivity contribution in [3.63, 3.8) is 0 Å². The predicted octanol–water partition coefficient (Wildman–Crippen LogP) is 25.3. The normalized spacial score (nSPS) is 12.6. The monoisotopic (exact) mass is 1180 g/mol. The summed E-state index contributed by atoms with van der Waals surface area (Å²) in [7, 11) is 0. The van der Waals surface area contributed by atoms with Gasteiger partial charge in [0.2, 0.25) is 5.91 Å². The number of allylic oxidation sites excluding steroid dienone is 3. The van der Waals surface area contributed by atoms with Crippen molar-refractivity contribution in [3.05, 3.63) is 24.3 Å². The number of hydrogen-bond acceptors (Lipinski definition) is 5. The van der Waals surface area contributed by atoms with Crippen LogP contribution in [0.25, 0.3) is 0 Å². The van der Waals surface area contributed by atoms with Crippen LogP contribution in [-0.4, -0.2) is 47.4 Å². The maximum atomic E-state index is 12.5. The van der Waals surface area contributed by atoms with Crippen molar-refractivity contribution < 1.29 is 24.5 Å². The Bertz CT molecular complexity index is 1320. The molecule has 0 heterocycles. The van der Waals surface area contributed by atoms with E-state index in [-0.39, 0.29) is 18.5 Å². The summed E-state index contributed by atoms with van der Waals surface area (Å²) in [5, 5.41) is 23.3. The third-order valence-corrected chi connectivity index (χ3v) is 18.2. The van der Waals surface area contributed by atoms with Gasteiger partial charge in [0.1, 0.15) is 0 Å². The fraction of sp³-hybridized carbons (Fsp3) is 0.923. The van der Waals surface area contributed by atoms with Crippen LogP contribution in [0.4, 0.5) is 0 Å². The highest BCUT2D eigenvalue weighted by atomic mass is 16.5. The van der Waals surface area contributed by atoms with Gasteiger partial charge in [-0.25, -0.2) is 0 Å². The first kappa shape index (κ1) is 82.3. The van der Waals surface area contributed by atoms with Crippen molar-refractivity contribution >= 4 is 11.9 Å². The fourth-order valence-electron chi connectivity index (χ4n) is 12.3. The maximum Gasteiger partial charge on any atom is 0.305 e. The SMILES string of the molecule is CCCCCCCCC/C=C\CCCCCCCC(=O)OCCCCCCCCCCCCCCCCCCCCCCCCCCCCCCCC(=O)NC(CO)C(O)/C=C/CCCCCCCCCCCCCCCCCCCCCC. The number of nitrogens with one attached hydrogen (secondary N) is 1. The molecule has 0 aromatic heterocycles. The Balaban J connectivity index is 3.36. The summed E-state index contributed by atoms with van der Waals surface area (Å²) < 4.78 is 5.50. The smallest absolute Gasteiger partial charge is 0.305 e. The van der Waals surface area contributed by atoms with E-state index in [2.05, 4.69) is 31.3 Å². The molecular weight excluding hydrogens is 1030 g/mol. The van der Waals surface area contributed by atoms with Crippen LogP contribution in [0.2, 0.25) is 0 Å². The Morgan fingerprint density at radius 3 is 0.845 bits per heavy atom. The molecule has 6 nitrogen and oxygen atoms in total. The Morgan fingerprint density at radius 1 is 0.321 bits per heavy atom. The number of aliphatic hydroxyl groups excluding tert-OH is 2. The molecule has 1 amide bonds. The number of unbranched alkanes of at least 4 members (excludes halogenated alkanes) is 60. The zero-order chi connectivity index (χ0) is 60.6. The third kappa shape index (κ3) is 69.4. The quantitative estimate of drug-likeness (QED) is 0.0320. The van der Waals surface area contributed by atoms with Crippen molar-refractivity contribution in [1.29, 1.82) is 0 Å². The predicted molar refractivity (Wildman–Crippen MR) is 370 cm³/mol. The highest BCUT2D eigenvalue weighted by Crippen LogP contribution is 2.20. The van der Waals surface area contributed by atoms with Crippen molar-refractivity contribution in [3.8, 4) is 0 Å². The molecule has 0 rings (SSSR count). The lowest BCUT2D eigenvalue weighted by Gasteiger charge is -2.20. The lowest BCUT2D eigenvalue weighted by atomic mass is 10.0. The molecule has 6 heteroatoms. The second-order valence-electron chi connectivity index (χ2n) is 26.7. The first-order valence-corrected chi connectivity index (χ1v) is 38.6. The van der Waals surface area contributed by atoms with Crippen molar-refractivity contribution in [2.45, 2.75) is 450 Å². The molecule has 0 aromatic carbocycles. The Kier molecular flexibility index (Phi) is 72.3. The molecule has 0 aliphatic rings. The molecule has 0 aliphatic carbocycles. The Morgan fingerprint density at radius 2 is 0.560 bits per heavy atom. The zero-order valence-corrected chi connectivity index (χ0v) is 57.2. The number of carbonyl (C=O) groups excluding carboxylic acids is 2. The molecule has 0 radical (unpaired) electrons. The van der Waals surface area contributed by atoms with E-state index in [0.29, 0.717) is 19.4 Å². The average molecular weight is 1180 g/mol. The Labute approximate surface area is 526 Å². The summed E-state index contributed by atoms with van der Waals surface area (Å²) in [6.45, 7) is 4.95. The zero-order valence-electron chi connectivity index (χ0n) is 57.2. The van der Waals surface area contributed by atoms with Crippen molar-refractivity contribution in [2.24, 2.45) is 0 Å². The standard InChI is InChI=1S/C78H151NO5/c1-3-5-7-9-11-13-15-17-19-21-22-23-33-36-39-42-46-50-54-58-62-66-70-76(81)75(74-80)79-77(82)71-67-63-59-55-51-47-43-40-37-34-31-29-27-25-24-26-28-30-32-35-38-41-45-49-53-57-61-65-69-73-84-78(83)72-68-64-60-56-52-48-44-20-18-16-14-12-10-8-6-4-2/h20,44,66,70,75-76,80-81H,3-19,21-43,45-65,67-69,71-74H2,1-2H3,(H,79,82)/b44-20-,70-66+. The fourth-order valence-corrected chi connectivity index (χ4v) is 12.3. The largest absolute Gasteiger partial charge is 0.466 e. The summed E-state index contributed by atoms with van der Waals surface area (Å²) >= 11 is 0. The van der Waals surface area contributed by atoms with Gasteiger partial charge < -0.3 is 20.3 Å². The molecule has 3 N–H and O–H groups in total. The minimum atomic E-state index is -0.843. The number of amides is 1. The van der Waals surface area contributed by atoms with Gasteiger partial charge in [0.05, 0.1) is 25.4 Å². The second-order valence-corrected chi connectivity index (χ2v) is 26.7. The summed E-state index contributed by atoms with van der Waals surface area (Å²) in [6, 6.07) is -0.626. The minimum Gasteiger partial charge on any atom is -0.466 e. The summed E-state index contributed by atoms with van der Waals surface area (Å²) in [5.74, 6) is -0.0469. The van der Waals surface area contributed by atoms with Crippen molar-refractivity contribution in [2.75, 3.05) is 13.2 Å². The summed E-state index contributed by atoms with van der Waals surface area (Å²) in [4.78, 5) is 24.6. The van der Waals surface area contributed by atoms with Crippen LogP contribution < -0.4 is 5.32 Å². The molecule has 0 aromatic rings. The van der Waals surface area contributed by atoms with E-state index in [9.17, 15) is 19.8 Å². The highest BCUT2D eigenvalue weighted by Gasteiger charge is 2.18. The van der Waals surface area contributed by atoms with Crippen LogP contribution in [0.1, 0.15) is 438 Å². The molecule has 498 valence electrons. The van der Waals surface area contributed by atoms with Crippen LogP contribution in [0.15, 0.2) is 24.3 Å². The van der Waals surface area contributed by atoms with Crippen molar-refractivity contribution in [1.82, 2.24) is 5.32 Å². The second kappa shape index (κ2) is 73.8. The average Bonchev–Trinajstić information content (AvgIpc) is 3.51. The van der Waals surface area contributed by atoms with E-state index in [0.717, 1.165) is 44.9 Å².